The number of rotatable bonds is 8. The first-order chi connectivity index (χ1) is 10.3. The van der Waals surface area contributed by atoms with Crippen molar-refractivity contribution < 1.29 is 9.22 Å². The van der Waals surface area contributed by atoms with Gasteiger partial charge in [-0.15, -0.1) is 0 Å². The fourth-order valence-corrected chi connectivity index (χ4v) is 2.36. The molecule has 0 bridgehead atoms. The number of benzene rings is 1. The number of hydrogen-bond donors (Lipinski definition) is 1. The molecular formula is C19H33N2O+. The van der Waals surface area contributed by atoms with Gasteiger partial charge in [-0.05, 0) is 37.5 Å². The van der Waals surface area contributed by atoms with Crippen LogP contribution in [0.15, 0.2) is 24.3 Å². The zero-order valence-corrected chi connectivity index (χ0v) is 15.1. The third-order valence-corrected chi connectivity index (χ3v) is 3.85. The summed E-state index contributed by atoms with van der Waals surface area (Å²) in [5.74, 6) is 0.928. The van der Waals surface area contributed by atoms with E-state index in [2.05, 4.69) is 47.1 Å². The maximum absolute atomic E-state index is 6.33. The van der Waals surface area contributed by atoms with Crippen molar-refractivity contribution >= 4 is 11.4 Å². The second-order valence-corrected chi connectivity index (χ2v) is 6.96. The number of nitrogen functional groups attached to an aromatic ring is 1. The van der Waals surface area contributed by atoms with Gasteiger partial charge in [0, 0.05) is 17.7 Å². The number of ether oxygens (including phenoxy) is 1. The summed E-state index contributed by atoms with van der Waals surface area (Å²) in [4.78, 5) is 0. The number of nitrogens with two attached hydrogens (primary N) is 1. The van der Waals surface area contributed by atoms with E-state index >= 15 is 0 Å². The second kappa shape index (κ2) is 8.23. The van der Waals surface area contributed by atoms with Crippen LogP contribution in [0.3, 0.4) is 0 Å². The third kappa shape index (κ3) is 5.72. The molecule has 0 radical (unpaired) electrons. The van der Waals surface area contributed by atoms with Crippen molar-refractivity contribution in [1.29, 1.82) is 0 Å². The summed E-state index contributed by atoms with van der Waals surface area (Å²) >= 11 is 0. The van der Waals surface area contributed by atoms with E-state index in [1.807, 2.05) is 19.1 Å². The van der Waals surface area contributed by atoms with E-state index in [1.54, 1.807) is 0 Å². The van der Waals surface area contributed by atoms with Gasteiger partial charge in [0.15, 0.2) is 0 Å². The van der Waals surface area contributed by atoms with Crippen LogP contribution in [-0.4, -0.2) is 38.3 Å². The molecule has 3 heteroatoms. The van der Waals surface area contributed by atoms with Gasteiger partial charge in [-0.1, -0.05) is 26.0 Å². The molecule has 2 N–H and O–H groups in total. The van der Waals surface area contributed by atoms with Crippen LogP contribution < -0.4 is 5.73 Å². The van der Waals surface area contributed by atoms with Gasteiger partial charge in [0.1, 0.15) is 11.9 Å². The number of nitrogens with zero attached hydrogens (tertiary/aromatic N) is 1. The van der Waals surface area contributed by atoms with E-state index in [0.717, 1.165) is 52.9 Å². The number of allylic oxidation sites excluding steroid dienone is 1. The SMILES string of the molecule is CC/C=C(/OC(CC)CC[N+](C)(C)C)c1cccc(C)c1N. The Morgan fingerprint density at radius 1 is 1.27 bits per heavy atom. The lowest BCUT2D eigenvalue weighted by Crippen LogP contribution is -2.37. The standard InChI is InChI=1S/C19H33N2O/c1-7-10-18(17-12-9-11-15(3)19(17)20)22-16(8-2)13-14-21(4,5)6/h9-12,16H,7-8,13-14,20H2,1-6H3/q+1/b18-10+. The van der Waals surface area contributed by atoms with Crippen LogP contribution in [0.4, 0.5) is 5.69 Å². The molecule has 0 saturated heterocycles. The molecule has 0 spiro atoms. The highest BCUT2D eigenvalue weighted by Crippen LogP contribution is 2.28. The zero-order chi connectivity index (χ0) is 16.8. The molecule has 0 fully saturated rings. The van der Waals surface area contributed by atoms with Gasteiger partial charge in [0.05, 0.1) is 27.7 Å². The molecule has 124 valence electrons. The Kier molecular flexibility index (Phi) is 6.95. The number of aryl methyl sites for hydroxylation is 1. The number of para-hydroxylation sites is 1. The van der Waals surface area contributed by atoms with E-state index in [1.165, 1.54) is 0 Å². The van der Waals surface area contributed by atoms with E-state index < -0.39 is 0 Å². The molecule has 0 aliphatic heterocycles. The number of hydrogen-bond acceptors (Lipinski definition) is 2. The van der Waals surface area contributed by atoms with E-state index in [9.17, 15) is 0 Å². The fourth-order valence-electron chi connectivity index (χ4n) is 2.36. The fraction of sp³-hybridized carbons (Fsp3) is 0.579. The van der Waals surface area contributed by atoms with Gasteiger partial charge in [0.2, 0.25) is 0 Å². The van der Waals surface area contributed by atoms with Crippen LogP contribution in [0.1, 0.15) is 44.2 Å². The molecule has 0 heterocycles. The Balaban J connectivity index is 2.92. The molecule has 1 aromatic rings. The number of quaternary nitrogens is 1. The van der Waals surface area contributed by atoms with Crippen molar-refractivity contribution in [3.8, 4) is 0 Å². The zero-order valence-electron chi connectivity index (χ0n) is 15.1. The first-order valence-electron chi connectivity index (χ1n) is 8.31. The Labute approximate surface area is 136 Å². The molecule has 0 amide bonds. The minimum absolute atomic E-state index is 0.232. The average molecular weight is 305 g/mol. The molecule has 1 aromatic carbocycles. The highest BCUT2D eigenvalue weighted by Gasteiger charge is 2.17. The Bertz CT molecular complexity index is 501. The van der Waals surface area contributed by atoms with Gasteiger partial charge in [-0.3, -0.25) is 0 Å². The normalized spacial score (nSPS) is 14.0. The van der Waals surface area contributed by atoms with Gasteiger partial charge in [-0.2, -0.15) is 0 Å². The average Bonchev–Trinajstić information content (AvgIpc) is 2.44. The molecule has 3 nitrogen and oxygen atoms in total. The summed E-state index contributed by atoms with van der Waals surface area (Å²) < 4.78 is 7.29. The first-order valence-corrected chi connectivity index (χ1v) is 8.31. The minimum atomic E-state index is 0.232. The molecule has 1 rings (SSSR count). The second-order valence-electron chi connectivity index (χ2n) is 6.96. The Hall–Kier alpha value is -1.48. The maximum atomic E-state index is 6.33. The lowest BCUT2D eigenvalue weighted by atomic mass is 10.1. The van der Waals surface area contributed by atoms with Crippen molar-refractivity contribution in [2.24, 2.45) is 0 Å². The maximum Gasteiger partial charge on any atom is 0.125 e. The summed E-state index contributed by atoms with van der Waals surface area (Å²) in [6, 6.07) is 6.13. The third-order valence-electron chi connectivity index (χ3n) is 3.85. The lowest BCUT2D eigenvalue weighted by molar-refractivity contribution is -0.870. The monoisotopic (exact) mass is 305 g/mol. The van der Waals surface area contributed by atoms with Crippen LogP contribution in [0.5, 0.6) is 0 Å². The van der Waals surface area contributed by atoms with Gasteiger partial charge in [-0.25, -0.2) is 0 Å². The van der Waals surface area contributed by atoms with Gasteiger partial charge >= 0.3 is 0 Å². The molecule has 0 aliphatic carbocycles. The molecule has 0 aromatic heterocycles. The topological polar surface area (TPSA) is 35.2 Å². The molecule has 0 aliphatic rings. The van der Waals surface area contributed by atoms with Crippen molar-refractivity contribution in [2.45, 2.75) is 46.1 Å². The molecule has 1 unspecified atom stereocenters. The van der Waals surface area contributed by atoms with Crippen molar-refractivity contribution in [2.75, 3.05) is 33.4 Å². The largest absolute Gasteiger partial charge is 0.490 e. The predicted molar refractivity (Wildman–Crippen MR) is 96.5 cm³/mol. The first kappa shape index (κ1) is 18.6. The van der Waals surface area contributed by atoms with Crippen LogP contribution in [0.25, 0.3) is 5.76 Å². The minimum Gasteiger partial charge on any atom is -0.490 e. The molecular weight excluding hydrogens is 272 g/mol. The van der Waals surface area contributed by atoms with Crippen molar-refractivity contribution in [3.05, 3.63) is 35.4 Å². The van der Waals surface area contributed by atoms with E-state index in [0.29, 0.717) is 0 Å². The summed E-state index contributed by atoms with van der Waals surface area (Å²) in [5, 5.41) is 0. The van der Waals surface area contributed by atoms with E-state index in [-0.39, 0.29) is 6.10 Å². The Morgan fingerprint density at radius 2 is 1.95 bits per heavy atom. The lowest BCUT2D eigenvalue weighted by Gasteiger charge is -2.27. The van der Waals surface area contributed by atoms with Gasteiger partial charge in [0.25, 0.3) is 0 Å². The van der Waals surface area contributed by atoms with Crippen molar-refractivity contribution in [1.82, 2.24) is 0 Å². The molecule has 0 saturated carbocycles. The van der Waals surface area contributed by atoms with Crippen molar-refractivity contribution in [3.63, 3.8) is 0 Å². The quantitative estimate of drug-likeness (QED) is 0.443. The van der Waals surface area contributed by atoms with Crippen LogP contribution in [0, 0.1) is 6.92 Å². The summed E-state index contributed by atoms with van der Waals surface area (Å²) in [6.45, 7) is 7.45. The smallest absolute Gasteiger partial charge is 0.125 e. The highest BCUT2D eigenvalue weighted by atomic mass is 16.5. The highest BCUT2D eigenvalue weighted by molar-refractivity contribution is 5.73. The summed E-state index contributed by atoms with van der Waals surface area (Å²) in [5.41, 5.74) is 9.19. The van der Waals surface area contributed by atoms with Crippen LogP contribution >= 0.6 is 0 Å². The molecule has 1 atom stereocenters. The van der Waals surface area contributed by atoms with Gasteiger partial charge < -0.3 is 15.0 Å². The van der Waals surface area contributed by atoms with E-state index in [4.69, 9.17) is 10.5 Å². The molecule has 22 heavy (non-hydrogen) atoms. The van der Waals surface area contributed by atoms with Crippen LogP contribution in [-0.2, 0) is 4.74 Å². The number of anilines is 1. The Morgan fingerprint density at radius 3 is 2.50 bits per heavy atom. The predicted octanol–water partition coefficient (Wildman–Crippen LogP) is 4.22. The summed E-state index contributed by atoms with van der Waals surface area (Å²) in [6.07, 6.45) is 5.36. The van der Waals surface area contributed by atoms with Crippen LogP contribution in [0.2, 0.25) is 0 Å². The summed E-state index contributed by atoms with van der Waals surface area (Å²) in [7, 11) is 6.65.